The summed E-state index contributed by atoms with van der Waals surface area (Å²) < 4.78 is 29.4. The normalized spacial score (nSPS) is 25.2. The van der Waals surface area contributed by atoms with Crippen LogP contribution in [-0.2, 0) is 14.6 Å². The van der Waals surface area contributed by atoms with E-state index < -0.39 is 9.84 Å². The molecule has 2 atom stereocenters. The van der Waals surface area contributed by atoms with Gasteiger partial charge >= 0.3 is 0 Å². The van der Waals surface area contributed by atoms with Gasteiger partial charge in [0.15, 0.2) is 15.0 Å². The van der Waals surface area contributed by atoms with Crippen molar-refractivity contribution in [1.82, 2.24) is 0 Å². The van der Waals surface area contributed by atoms with Crippen molar-refractivity contribution in [2.75, 3.05) is 23.5 Å². The monoisotopic (exact) mass is 430 g/mol. The molecule has 3 rings (SSSR count). The highest BCUT2D eigenvalue weighted by Gasteiger charge is 2.49. The smallest absolute Gasteiger partial charge is 0.251 e. The Balaban J connectivity index is 2.01. The lowest BCUT2D eigenvalue weighted by atomic mass is 10.0. The Hall–Kier alpha value is -1.25. The van der Waals surface area contributed by atoms with Crippen molar-refractivity contribution in [3.05, 3.63) is 23.2 Å². The highest BCUT2D eigenvalue weighted by molar-refractivity contribution is 8.16. The molecule has 6 nitrogen and oxygen atoms in total. The van der Waals surface area contributed by atoms with Gasteiger partial charge < -0.3 is 9.64 Å². The van der Waals surface area contributed by atoms with Crippen LogP contribution in [0.1, 0.15) is 26.7 Å². The molecule has 2 heterocycles. The number of halogens is 1. The van der Waals surface area contributed by atoms with Crippen LogP contribution in [0, 0.1) is 5.92 Å². The molecular formula is C18H23ClN2O4S2. The fourth-order valence-corrected chi connectivity index (χ4v) is 7.67. The number of fused-ring (bicyclic) bond motifs is 1. The molecule has 2 saturated heterocycles. The van der Waals surface area contributed by atoms with Crippen LogP contribution in [0.25, 0.3) is 0 Å². The van der Waals surface area contributed by atoms with Gasteiger partial charge in [-0.15, -0.1) is 0 Å². The first kappa shape index (κ1) is 20.5. The van der Waals surface area contributed by atoms with E-state index in [2.05, 4.69) is 4.99 Å². The molecule has 0 N–H and O–H groups in total. The molecule has 0 radical (unpaired) electrons. The number of amidine groups is 1. The molecule has 2 fully saturated rings. The Morgan fingerprint density at radius 1 is 1.37 bits per heavy atom. The summed E-state index contributed by atoms with van der Waals surface area (Å²) >= 11 is 7.64. The number of carbonyl (C=O) groups excluding carboxylic acids is 1. The quantitative estimate of drug-likeness (QED) is 0.712. The molecule has 1 aromatic rings. The average molecular weight is 431 g/mol. The standard InChI is InChI=1S/C18H23ClN2O4S2/c1-4-11(5-2)17(22)20-18-21(12-6-7-15(25-3)13(19)8-12)14-9-27(23,24)10-16(14)26-18/h6-8,11,14,16H,4-5,9-10H2,1-3H3/t14-,16+/m0/s1. The Bertz CT molecular complexity index is 868. The fourth-order valence-electron chi connectivity index (χ4n) is 3.50. The highest BCUT2D eigenvalue weighted by atomic mass is 35.5. The first-order valence-electron chi connectivity index (χ1n) is 8.92. The second-order valence-electron chi connectivity index (χ2n) is 6.74. The summed E-state index contributed by atoms with van der Waals surface area (Å²) in [5, 5.41) is 0.845. The number of hydrogen-bond acceptors (Lipinski definition) is 5. The zero-order chi connectivity index (χ0) is 19.8. The van der Waals surface area contributed by atoms with Crippen molar-refractivity contribution in [2.24, 2.45) is 10.9 Å². The second-order valence-corrected chi connectivity index (χ2v) is 10.5. The molecule has 0 saturated carbocycles. The second kappa shape index (κ2) is 8.01. The van der Waals surface area contributed by atoms with Gasteiger partial charge in [0, 0.05) is 16.9 Å². The van der Waals surface area contributed by atoms with Crippen LogP contribution in [0.4, 0.5) is 5.69 Å². The number of sulfone groups is 1. The van der Waals surface area contributed by atoms with Gasteiger partial charge in [-0.3, -0.25) is 4.79 Å². The molecule has 27 heavy (non-hydrogen) atoms. The Morgan fingerprint density at radius 2 is 2.07 bits per heavy atom. The van der Waals surface area contributed by atoms with Crippen molar-refractivity contribution in [3.63, 3.8) is 0 Å². The van der Waals surface area contributed by atoms with Crippen molar-refractivity contribution < 1.29 is 17.9 Å². The predicted octanol–water partition coefficient (Wildman–Crippen LogP) is 3.39. The van der Waals surface area contributed by atoms with E-state index in [0.717, 1.165) is 12.8 Å². The van der Waals surface area contributed by atoms with Crippen LogP contribution < -0.4 is 9.64 Å². The topological polar surface area (TPSA) is 76.0 Å². The number of rotatable bonds is 5. The Kier molecular flexibility index (Phi) is 6.08. The number of nitrogens with zero attached hydrogens (tertiary/aromatic N) is 2. The highest BCUT2D eigenvalue weighted by Crippen LogP contribution is 2.42. The van der Waals surface area contributed by atoms with Gasteiger partial charge in [-0.25, -0.2) is 8.42 Å². The minimum absolute atomic E-state index is 0.0481. The van der Waals surface area contributed by atoms with Crippen molar-refractivity contribution in [3.8, 4) is 5.75 Å². The number of benzene rings is 1. The van der Waals surface area contributed by atoms with Crippen LogP contribution in [0.2, 0.25) is 5.02 Å². The van der Waals surface area contributed by atoms with Gasteiger partial charge in [-0.05, 0) is 31.0 Å². The molecule has 2 aliphatic rings. The van der Waals surface area contributed by atoms with Gasteiger partial charge in [-0.2, -0.15) is 4.99 Å². The number of hydrogen-bond donors (Lipinski definition) is 0. The lowest BCUT2D eigenvalue weighted by Gasteiger charge is -2.25. The molecule has 0 bridgehead atoms. The molecule has 0 aromatic heterocycles. The summed E-state index contributed by atoms with van der Waals surface area (Å²) in [5.41, 5.74) is 0.717. The summed E-state index contributed by atoms with van der Waals surface area (Å²) in [6, 6.07) is 5.03. The molecule has 1 aromatic carbocycles. The van der Waals surface area contributed by atoms with E-state index in [1.54, 1.807) is 12.1 Å². The number of methoxy groups -OCH3 is 1. The molecular weight excluding hydrogens is 408 g/mol. The third-order valence-corrected chi connectivity index (χ3v) is 8.53. The minimum atomic E-state index is -3.11. The van der Waals surface area contributed by atoms with E-state index in [4.69, 9.17) is 16.3 Å². The van der Waals surface area contributed by atoms with Gasteiger partial charge in [0.1, 0.15) is 5.75 Å². The van der Waals surface area contributed by atoms with Gasteiger partial charge in [0.25, 0.3) is 5.91 Å². The van der Waals surface area contributed by atoms with Crippen LogP contribution in [0.15, 0.2) is 23.2 Å². The maximum Gasteiger partial charge on any atom is 0.251 e. The summed E-state index contributed by atoms with van der Waals surface area (Å²) in [6.07, 6.45) is 1.46. The number of carbonyl (C=O) groups is 1. The first-order valence-corrected chi connectivity index (χ1v) is 12.0. The summed E-state index contributed by atoms with van der Waals surface area (Å²) in [7, 11) is -1.57. The van der Waals surface area contributed by atoms with E-state index in [0.29, 0.717) is 21.6 Å². The Labute approximate surface area is 169 Å². The van der Waals surface area contributed by atoms with Gasteiger partial charge in [-0.1, -0.05) is 37.2 Å². The summed E-state index contributed by atoms with van der Waals surface area (Å²) in [5.74, 6) is 0.404. The lowest BCUT2D eigenvalue weighted by molar-refractivity contribution is -0.121. The third kappa shape index (κ3) is 4.12. The number of ether oxygens (including phenoxy) is 1. The van der Waals surface area contributed by atoms with E-state index in [9.17, 15) is 13.2 Å². The number of amides is 1. The van der Waals surface area contributed by atoms with Gasteiger partial charge in [0.2, 0.25) is 0 Å². The maximum absolute atomic E-state index is 12.6. The van der Waals surface area contributed by atoms with E-state index >= 15 is 0 Å². The lowest BCUT2D eigenvalue weighted by Crippen LogP contribution is -2.38. The van der Waals surface area contributed by atoms with Crippen LogP contribution in [0.5, 0.6) is 5.75 Å². The largest absolute Gasteiger partial charge is 0.495 e. The van der Waals surface area contributed by atoms with Crippen molar-refractivity contribution in [2.45, 2.75) is 38.0 Å². The summed E-state index contributed by atoms with van der Waals surface area (Å²) in [4.78, 5) is 18.8. The van der Waals surface area contributed by atoms with Crippen LogP contribution >= 0.6 is 23.4 Å². The summed E-state index contributed by atoms with van der Waals surface area (Å²) in [6.45, 7) is 3.94. The number of aliphatic imine (C=N–C) groups is 1. The fraction of sp³-hybridized carbons (Fsp3) is 0.556. The molecule has 148 valence electrons. The maximum atomic E-state index is 12.6. The minimum Gasteiger partial charge on any atom is -0.495 e. The van der Waals surface area contributed by atoms with E-state index in [1.807, 2.05) is 24.8 Å². The van der Waals surface area contributed by atoms with Gasteiger partial charge in [0.05, 0.1) is 29.7 Å². The molecule has 0 spiro atoms. The molecule has 0 unspecified atom stereocenters. The average Bonchev–Trinajstić information content (AvgIpc) is 3.06. The first-order chi connectivity index (χ1) is 12.8. The van der Waals surface area contributed by atoms with Crippen LogP contribution in [-0.4, -0.2) is 49.4 Å². The number of anilines is 1. The number of thioether (sulfide) groups is 1. The zero-order valence-electron chi connectivity index (χ0n) is 15.5. The predicted molar refractivity (Wildman–Crippen MR) is 111 cm³/mol. The Morgan fingerprint density at radius 3 is 2.67 bits per heavy atom. The third-order valence-electron chi connectivity index (χ3n) is 5.02. The molecule has 9 heteroatoms. The zero-order valence-corrected chi connectivity index (χ0v) is 17.9. The van der Waals surface area contributed by atoms with Crippen LogP contribution in [0.3, 0.4) is 0 Å². The molecule has 2 aliphatic heterocycles. The molecule has 1 amide bonds. The van der Waals surface area contributed by atoms with Crippen molar-refractivity contribution >= 4 is 50.0 Å². The molecule has 0 aliphatic carbocycles. The van der Waals surface area contributed by atoms with E-state index in [-0.39, 0.29) is 34.6 Å². The SMILES string of the molecule is CCC(CC)C(=O)N=C1S[C@@H]2CS(=O)(=O)C[C@@H]2N1c1ccc(OC)c(Cl)c1. The van der Waals surface area contributed by atoms with E-state index in [1.165, 1.54) is 18.9 Å². The van der Waals surface area contributed by atoms with Crippen molar-refractivity contribution in [1.29, 1.82) is 0 Å².